The van der Waals surface area contributed by atoms with Crippen LogP contribution >= 0.6 is 0 Å². The highest BCUT2D eigenvalue weighted by molar-refractivity contribution is 6.11. The number of aromatic nitrogens is 4. The molecule has 174 valence electrons. The standard InChI is InChI=1S/C23H23N7O4/c24-22-14(11-30(23(33)27-22)20-10-18(32)19(12-31)34-20)13-9-17(15-5-1-3-7-25-15)28-29-21(13)16-6-2-4-8-26-16/h1-8,11,13,18-20,31-32H,9-10,12H2,(H2,24,27,33)/t13?,18-,19-,20-/m1/s1. The van der Waals surface area contributed by atoms with Crippen molar-refractivity contribution in [1.29, 1.82) is 0 Å². The van der Waals surface area contributed by atoms with Gasteiger partial charge in [0.05, 0.1) is 35.5 Å². The number of rotatable bonds is 5. The van der Waals surface area contributed by atoms with Gasteiger partial charge in [0.2, 0.25) is 0 Å². The lowest BCUT2D eigenvalue weighted by Crippen LogP contribution is -2.32. The minimum atomic E-state index is -0.897. The van der Waals surface area contributed by atoms with Gasteiger partial charge in [0.15, 0.2) is 0 Å². The Hall–Kier alpha value is -3.80. The summed E-state index contributed by atoms with van der Waals surface area (Å²) < 4.78 is 6.98. The molecular weight excluding hydrogens is 438 g/mol. The maximum absolute atomic E-state index is 12.7. The van der Waals surface area contributed by atoms with Gasteiger partial charge in [0.25, 0.3) is 0 Å². The molecule has 4 N–H and O–H groups in total. The molecule has 1 unspecified atom stereocenters. The third-order valence-corrected chi connectivity index (χ3v) is 5.97. The number of nitrogens with two attached hydrogens (primary N) is 1. The lowest BCUT2D eigenvalue weighted by Gasteiger charge is -2.25. The van der Waals surface area contributed by atoms with Gasteiger partial charge >= 0.3 is 5.69 Å². The summed E-state index contributed by atoms with van der Waals surface area (Å²) in [5.41, 5.74) is 8.74. The van der Waals surface area contributed by atoms with Gasteiger partial charge in [-0.1, -0.05) is 12.1 Å². The summed E-state index contributed by atoms with van der Waals surface area (Å²) >= 11 is 0. The Kier molecular flexibility index (Phi) is 5.97. The Morgan fingerprint density at radius 2 is 1.82 bits per heavy atom. The fourth-order valence-electron chi connectivity index (χ4n) is 4.23. The van der Waals surface area contributed by atoms with Crippen molar-refractivity contribution in [2.75, 3.05) is 12.3 Å². The zero-order valence-electron chi connectivity index (χ0n) is 18.1. The molecule has 0 saturated carbocycles. The van der Waals surface area contributed by atoms with Gasteiger partial charge in [-0.05, 0) is 24.3 Å². The van der Waals surface area contributed by atoms with Gasteiger partial charge in [0.1, 0.15) is 18.1 Å². The summed E-state index contributed by atoms with van der Waals surface area (Å²) in [6.07, 6.45) is 3.03. The zero-order valence-corrected chi connectivity index (χ0v) is 18.1. The average Bonchev–Trinajstić information content (AvgIpc) is 3.25. The lowest BCUT2D eigenvalue weighted by molar-refractivity contribution is -0.0459. The first-order valence-corrected chi connectivity index (χ1v) is 10.8. The van der Waals surface area contributed by atoms with Crippen molar-refractivity contribution >= 4 is 17.2 Å². The Bertz CT molecular complexity index is 1290. The van der Waals surface area contributed by atoms with Crippen LogP contribution in [0.2, 0.25) is 0 Å². The quantitative estimate of drug-likeness (QED) is 0.499. The number of hydrogen-bond donors (Lipinski definition) is 3. The van der Waals surface area contributed by atoms with Crippen LogP contribution in [0, 0.1) is 0 Å². The first-order chi connectivity index (χ1) is 16.5. The second-order valence-electron chi connectivity index (χ2n) is 8.10. The van der Waals surface area contributed by atoms with E-state index in [2.05, 4.69) is 25.2 Å². The number of hydrogen-bond acceptors (Lipinski definition) is 10. The first kappa shape index (κ1) is 22.0. The molecule has 0 aliphatic carbocycles. The molecule has 2 aliphatic rings. The minimum Gasteiger partial charge on any atom is -0.394 e. The van der Waals surface area contributed by atoms with Crippen LogP contribution in [-0.2, 0) is 4.74 Å². The molecule has 0 radical (unpaired) electrons. The van der Waals surface area contributed by atoms with E-state index in [1.807, 2.05) is 30.3 Å². The normalized spacial score (nSPS) is 24.5. The van der Waals surface area contributed by atoms with Crippen molar-refractivity contribution in [2.45, 2.75) is 37.2 Å². The number of aliphatic hydroxyl groups is 2. The van der Waals surface area contributed by atoms with Crippen LogP contribution in [0.15, 0.2) is 70.0 Å². The van der Waals surface area contributed by atoms with Crippen LogP contribution in [0.4, 0.5) is 5.82 Å². The summed E-state index contributed by atoms with van der Waals surface area (Å²) in [4.78, 5) is 25.5. The number of aliphatic hydroxyl groups excluding tert-OH is 2. The molecule has 2 aliphatic heterocycles. The number of ether oxygens (including phenoxy) is 1. The molecule has 4 atom stereocenters. The smallest absolute Gasteiger partial charge is 0.351 e. The predicted molar refractivity (Wildman–Crippen MR) is 123 cm³/mol. The number of pyridine rings is 2. The summed E-state index contributed by atoms with van der Waals surface area (Å²) in [6, 6.07) is 11.0. The van der Waals surface area contributed by atoms with Crippen molar-refractivity contribution in [2.24, 2.45) is 10.2 Å². The zero-order chi connectivity index (χ0) is 23.7. The topological polar surface area (TPSA) is 161 Å². The first-order valence-electron chi connectivity index (χ1n) is 10.8. The van der Waals surface area contributed by atoms with E-state index in [-0.39, 0.29) is 18.8 Å². The third-order valence-electron chi connectivity index (χ3n) is 5.97. The van der Waals surface area contributed by atoms with Crippen LogP contribution in [0.5, 0.6) is 0 Å². The molecule has 3 aromatic heterocycles. The Labute approximate surface area is 194 Å². The van der Waals surface area contributed by atoms with Gasteiger partial charge < -0.3 is 20.7 Å². The highest BCUT2D eigenvalue weighted by Crippen LogP contribution is 2.33. The lowest BCUT2D eigenvalue weighted by atomic mass is 9.86. The van der Waals surface area contributed by atoms with Crippen LogP contribution in [0.3, 0.4) is 0 Å². The highest BCUT2D eigenvalue weighted by atomic mass is 16.5. The van der Waals surface area contributed by atoms with Crippen molar-refractivity contribution in [3.05, 3.63) is 82.4 Å². The van der Waals surface area contributed by atoms with Crippen LogP contribution in [-0.4, -0.2) is 60.0 Å². The molecule has 5 rings (SSSR count). The van der Waals surface area contributed by atoms with E-state index in [1.165, 1.54) is 4.57 Å². The molecule has 0 amide bonds. The van der Waals surface area contributed by atoms with Gasteiger partial charge in [-0.15, -0.1) is 0 Å². The summed E-state index contributed by atoms with van der Waals surface area (Å²) in [5, 5.41) is 28.4. The molecule has 0 bridgehead atoms. The number of anilines is 1. The molecule has 34 heavy (non-hydrogen) atoms. The second-order valence-corrected chi connectivity index (χ2v) is 8.10. The van der Waals surface area contributed by atoms with Gasteiger partial charge in [0, 0.05) is 42.9 Å². The van der Waals surface area contributed by atoms with E-state index in [1.54, 1.807) is 24.7 Å². The molecule has 0 aromatic carbocycles. The molecule has 11 nitrogen and oxygen atoms in total. The van der Waals surface area contributed by atoms with Gasteiger partial charge in [-0.25, -0.2) is 4.79 Å². The van der Waals surface area contributed by atoms with Crippen LogP contribution in [0.1, 0.15) is 41.9 Å². The van der Waals surface area contributed by atoms with E-state index in [9.17, 15) is 15.0 Å². The Morgan fingerprint density at radius 1 is 1.09 bits per heavy atom. The maximum Gasteiger partial charge on any atom is 0.351 e. The van der Waals surface area contributed by atoms with Crippen molar-refractivity contribution in [1.82, 2.24) is 19.5 Å². The van der Waals surface area contributed by atoms with E-state index < -0.39 is 30.0 Å². The molecule has 1 saturated heterocycles. The van der Waals surface area contributed by atoms with Crippen molar-refractivity contribution in [3.63, 3.8) is 0 Å². The largest absolute Gasteiger partial charge is 0.394 e. The summed E-state index contributed by atoms with van der Waals surface area (Å²) in [6.45, 7) is -0.356. The SMILES string of the molecule is Nc1nc(=O)n([C@H]2C[C@@H](O)[C@@H](CO)O2)cc1C1CC(c2ccccn2)=NN=C1c1ccccn1. The third kappa shape index (κ3) is 4.12. The fraction of sp³-hybridized carbons (Fsp3) is 0.304. The number of nitrogens with zero attached hydrogens (tertiary/aromatic N) is 6. The molecule has 1 fully saturated rings. The van der Waals surface area contributed by atoms with E-state index in [4.69, 9.17) is 10.5 Å². The van der Waals surface area contributed by atoms with E-state index >= 15 is 0 Å². The second kappa shape index (κ2) is 9.21. The maximum atomic E-state index is 12.7. The molecule has 5 heterocycles. The highest BCUT2D eigenvalue weighted by Gasteiger charge is 2.36. The molecule has 0 spiro atoms. The molecule has 11 heteroatoms. The molecule has 3 aromatic rings. The fourth-order valence-corrected chi connectivity index (χ4v) is 4.23. The van der Waals surface area contributed by atoms with Gasteiger partial charge in [-0.3, -0.25) is 14.5 Å². The predicted octanol–water partition coefficient (Wildman–Crippen LogP) is 0.637. The minimum absolute atomic E-state index is 0.0643. The monoisotopic (exact) mass is 461 g/mol. The van der Waals surface area contributed by atoms with Crippen LogP contribution < -0.4 is 11.4 Å². The Balaban J connectivity index is 1.59. The van der Waals surface area contributed by atoms with E-state index in [0.29, 0.717) is 34.8 Å². The molecular formula is C23H23N7O4. The van der Waals surface area contributed by atoms with Crippen molar-refractivity contribution in [3.8, 4) is 0 Å². The van der Waals surface area contributed by atoms with E-state index in [0.717, 1.165) is 0 Å². The summed E-state index contributed by atoms with van der Waals surface area (Å²) in [7, 11) is 0. The average molecular weight is 461 g/mol. The van der Waals surface area contributed by atoms with Crippen LogP contribution in [0.25, 0.3) is 0 Å². The summed E-state index contributed by atoms with van der Waals surface area (Å²) in [5.74, 6) is -0.349. The van der Waals surface area contributed by atoms with Crippen molar-refractivity contribution < 1.29 is 14.9 Å². The van der Waals surface area contributed by atoms with Gasteiger partial charge in [-0.2, -0.15) is 15.2 Å². The number of nitrogen functional groups attached to an aromatic ring is 1. The Morgan fingerprint density at radius 3 is 2.47 bits per heavy atom.